The van der Waals surface area contributed by atoms with Gasteiger partial charge in [0.1, 0.15) is 11.3 Å². The Balaban J connectivity index is 1.66. The van der Waals surface area contributed by atoms with E-state index in [1.54, 1.807) is 6.07 Å². The van der Waals surface area contributed by atoms with Crippen LogP contribution in [0.2, 0.25) is 0 Å². The quantitative estimate of drug-likeness (QED) is 0.334. The Hall–Kier alpha value is -2.68. The van der Waals surface area contributed by atoms with Gasteiger partial charge in [-0.05, 0) is 35.4 Å². The maximum absolute atomic E-state index is 11.9. The van der Waals surface area contributed by atoms with Gasteiger partial charge in [0, 0.05) is 45.7 Å². The summed E-state index contributed by atoms with van der Waals surface area (Å²) >= 11 is 1.15. The maximum atomic E-state index is 11.9. The van der Waals surface area contributed by atoms with Crippen molar-refractivity contribution < 1.29 is 9.90 Å². The lowest BCUT2D eigenvalue weighted by atomic mass is 9.95. The number of aromatic nitrogens is 1. The fraction of sp³-hybridized carbons (Fsp3) is 0.481. The van der Waals surface area contributed by atoms with Crippen molar-refractivity contribution in [3.8, 4) is 5.75 Å². The minimum absolute atomic E-state index is 0.108. The molecule has 0 saturated heterocycles. The highest BCUT2D eigenvalue weighted by Gasteiger charge is 2.19. The first-order valence-corrected chi connectivity index (χ1v) is 13.0. The number of H-pyrrole nitrogens is 1. The molecule has 35 heavy (non-hydrogen) atoms. The van der Waals surface area contributed by atoms with Gasteiger partial charge in [-0.25, -0.2) is 0 Å². The Labute approximate surface area is 211 Å². The van der Waals surface area contributed by atoms with Crippen molar-refractivity contribution >= 4 is 27.5 Å². The molecule has 8 heteroatoms. The Bertz CT molecular complexity index is 1150. The van der Waals surface area contributed by atoms with Crippen molar-refractivity contribution in [2.24, 2.45) is 11.1 Å². The molecule has 0 aliphatic rings. The number of benzene rings is 2. The summed E-state index contributed by atoms with van der Waals surface area (Å²) in [4.78, 5) is 30.7. The first kappa shape index (κ1) is 26.9. The summed E-state index contributed by atoms with van der Waals surface area (Å²) in [6.07, 6.45) is 2.06. The number of nitrogens with two attached hydrogens (primary N) is 1. The largest absolute Gasteiger partial charge is 0.506 e. The minimum atomic E-state index is -0.275. The number of rotatable bonds is 13. The van der Waals surface area contributed by atoms with Crippen LogP contribution in [0.3, 0.4) is 0 Å². The van der Waals surface area contributed by atoms with Crippen molar-refractivity contribution in [1.82, 2.24) is 14.8 Å². The predicted octanol–water partition coefficient (Wildman–Crippen LogP) is 3.61. The molecule has 3 rings (SSSR count). The van der Waals surface area contributed by atoms with E-state index in [1.165, 1.54) is 5.56 Å². The van der Waals surface area contributed by atoms with Crippen LogP contribution in [-0.2, 0) is 17.6 Å². The molecule has 7 nitrogen and oxygen atoms in total. The maximum Gasteiger partial charge on any atom is 0.305 e. The zero-order chi connectivity index (χ0) is 25.4. The third-order valence-electron chi connectivity index (χ3n) is 6.00. The molecule has 0 spiro atoms. The molecule has 0 aliphatic carbocycles. The van der Waals surface area contributed by atoms with Gasteiger partial charge >= 0.3 is 4.87 Å². The molecule has 0 fully saturated rings. The van der Waals surface area contributed by atoms with E-state index in [0.29, 0.717) is 18.5 Å². The molecule has 190 valence electrons. The highest BCUT2D eigenvalue weighted by Crippen LogP contribution is 2.28. The summed E-state index contributed by atoms with van der Waals surface area (Å²) in [5.41, 5.74) is 8.44. The van der Waals surface area contributed by atoms with Gasteiger partial charge in [-0.1, -0.05) is 68.5 Å². The molecule has 2 aromatic carbocycles. The van der Waals surface area contributed by atoms with Crippen LogP contribution in [0.15, 0.2) is 47.3 Å². The van der Waals surface area contributed by atoms with E-state index in [-0.39, 0.29) is 21.9 Å². The SMILES string of the molecule is CC(C)(C)CN(CCc1ccc(O)c2[nH]c(=O)sc12)CCN(CCC(N)=O)CCc1ccccc1. The van der Waals surface area contributed by atoms with Crippen LogP contribution in [-0.4, -0.2) is 65.1 Å². The second-order valence-corrected chi connectivity index (χ2v) is 11.3. The number of fused-ring (bicyclic) bond motifs is 1. The number of nitrogens with one attached hydrogen (secondary N) is 1. The van der Waals surface area contributed by atoms with E-state index >= 15 is 0 Å². The number of hydrogen-bond donors (Lipinski definition) is 3. The van der Waals surface area contributed by atoms with Crippen molar-refractivity contribution in [3.63, 3.8) is 0 Å². The number of aromatic hydroxyl groups is 1. The van der Waals surface area contributed by atoms with Gasteiger partial charge in [0.25, 0.3) is 0 Å². The Kier molecular flexibility index (Phi) is 9.48. The fourth-order valence-electron chi connectivity index (χ4n) is 4.31. The second-order valence-electron chi connectivity index (χ2n) is 10.3. The molecule has 0 aliphatic heterocycles. The van der Waals surface area contributed by atoms with Crippen molar-refractivity contribution in [1.29, 1.82) is 0 Å². The molecule has 3 aromatic rings. The van der Waals surface area contributed by atoms with Gasteiger partial charge in [-0.15, -0.1) is 0 Å². The molecule has 0 atom stereocenters. The van der Waals surface area contributed by atoms with Crippen LogP contribution in [0.1, 0.15) is 38.3 Å². The molecule has 0 bridgehead atoms. The van der Waals surface area contributed by atoms with Gasteiger partial charge in [-0.3, -0.25) is 9.59 Å². The summed E-state index contributed by atoms with van der Waals surface area (Å²) < 4.78 is 0.830. The van der Waals surface area contributed by atoms with E-state index < -0.39 is 0 Å². The zero-order valence-electron chi connectivity index (χ0n) is 21.0. The Morgan fingerprint density at radius 1 is 0.971 bits per heavy atom. The van der Waals surface area contributed by atoms with E-state index in [2.05, 4.69) is 59.8 Å². The monoisotopic (exact) mass is 498 g/mol. The van der Waals surface area contributed by atoms with E-state index in [1.807, 2.05) is 12.1 Å². The van der Waals surface area contributed by atoms with Crippen LogP contribution in [0.4, 0.5) is 0 Å². The molecular weight excluding hydrogens is 460 g/mol. The van der Waals surface area contributed by atoms with Crippen LogP contribution in [0, 0.1) is 5.41 Å². The highest BCUT2D eigenvalue weighted by atomic mass is 32.1. The lowest BCUT2D eigenvalue weighted by molar-refractivity contribution is -0.118. The second kappa shape index (κ2) is 12.3. The van der Waals surface area contributed by atoms with Gasteiger partial charge in [-0.2, -0.15) is 0 Å². The number of thiazole rings is 1. The van der Waals surface area contributed by atoms with Crippen LogP contribution < -0.4 is 10.6 Å². The van der Waals surface area contributed by atoms with E-state index in [4.69, 9.17) is 5.73 Å². The minimum Gasteiger partial charge on any atom is -0.506 e. The summed E-state index contributed by atoms with van der Waals surface area (Å²) in [7, 11) is 0. The number of carbonyl (C=O) groups excluding carboxylic acids is 1. The topological polar surface area (TPSA) is 103 Å². The van der Waals surface area contributed by atoms with Gasteiger partial charge in [0.15, 0.2) is 0 Å². The smallest absolute Gasteiger partial charge is 0.305 e. The number of amides is 1. The first-order chi connectivity index (χ1) is 16.6. The number of phenolic OH excluding ortho intramolecular Hbond substituents is 1. The Morgan fingerprint density at radius 2 is 1.66 bits per heavy atom. The van der Waals surface area contributed by atoms with Crippen LogP contribution >= 0.6 is 11.3 Å². The molecule has 1 aromatic heterocycles. The van der Waals surface area contributed by atoms with Crippen molar-refractivity contribution in [2.75, 3.05) is 39.3 Å². The molecule has 0 radical (unpaired) electrons. The van der Waals surface area contributed by atoms with Gasteiger partial charge in [0.05, 0.1) is 4.70 Å². The third-order valence-corrected chi connectivity index (χ3v) is 6.96. The molecule has 1 heterocycles. The molecule has 1 amide bonds. The fourth-order valence-corrected chi connectivity index (χ4v) is 5.21. The number of primary amides is 1. The molecular formula is C27H38N4O3S. The molecule has 0 unspecified atom stereocenters. The third kappa shape index (κ3) is 8.80. The van der Waals surface area contributed by atoms with Gasteiger partial charge in [0.2, 0.25) is 5.91 Å². The number of nitrogens with zero attached hydrogens (tertiary/aromatic N) is 2. The average Bonchev–Trinajstić information content (AvgIpc) is 3.20. The van der Waals surface area contributed by atoms with E-state index in [9.17, 15) is 14.7 Å². The normalized spacial score (nSPS) is 12.1. The number of phenols is 1. The van der Waals surface area contributed by atoms with Crippen LogP contribution in [0.5, 0.6) is 5.75 Å². The van der Waals surface area contributed by atoms with Gasteiger partial charge < -0.3 is 25.6 Å². The molecule has 0 saturated carbocycles. The van der Waals surface area contributed by atoms with Crippen LogP contribution in [0.25, 0.3) is 10.2 Å². The number of hydrogen-bond acceptors (Lipinski definition) is 6. The molecule has 4 N–H and O–H groups in total. The average molecular weight is 499 g/mol. The summed E-state index contributed by atoms with van der Waals surface area (Å²) in [6.45, 7) is 11.7. The lowest BCUT2D eigenvalue weighted by Gasteiger charge is -2.32. The Morgan fingerprint density at radius 3 is 2.34 bits per heavy atom. The predicted molar refractivity (Wildman–Crippen MR) is 144 cm³/mol. The summed E-state index contributed by atoms with van der Waals surface area (Å²) in [5.74, 6) is -0.166. The first-order valence-electron chi connectivity index (χ1n) is 12.2. The highest BCUT2D eigenvalue weighted by molar-refractivity contribution is 7.16. The summed E-state index contributed by atoms with van der Waals surface area (Å²) in [5, 5.41) is 10.1. The van der Waals surface area contributed by atoms with Crippen molar-refractivity contribution in [2.45, 2.75) is 40.0 Å². The zero-order valence-corrected chi connectivity index (χ0v) is 21.9. The standard InChI is InChI=1S/C27H38N4O3S/c1-27(2,3)19-31(15-12-21-9-10-22(32)24-25(21)35-26(34)29-24)18-17-30(16-13-23(28)33)14-11-20-7-5-4-6-8-20/h4-10,32H,11-19H2,1-3H3,(H2,28,33)(H,29,34). The number of carbonyl (C=O) groups is 1. The number of aromatic amines is 1. The van der Waals surface area contributed by atoms with Crippen molar-refractivity contribution in [3.05, 3.63) is 63.3 Å². The lowest BCUT2D eigenvalue weighted by Crippen LogP contribution is -2.41. The summed E-state index contributed by atoms with van der Waals surface area (Å²) in [6, 6.07) is 14.0. The van der Waals surface area contributed by atoms with E-state index in [0.717, 1.165) is 67.2 Å².